The van der Waals surface area contributed by atoms with Crippen molar-refractivity contribution < 1.29 is 47.8 Å². The molecule has 0 aromatic carbocycles. The first-order valence-corrected chi connectivity index (χ1v) is 16.7. The first-order valence-electron chi connectivity index (χ1n) is 16.7. The van der Waals surface area contributed by atoms with Crippen LogP contribution in [0.4, 0.5) is 0 Å². The lowest BCUT2D eigenvalue weighted by molar-refractivity contribution is -0.137. The zero-order valence-corrected chi connectivity index (χ0v) is 30.7. The molecule has 0 fully saturated rings. The smallest absolute Gasteiger partial charge is 0.284 e. The van der Waals surface area contributed by atoms with Gasteiger partial charge in [-0.05, 0) is 74.7 Å². The van der Waals surface area contributed by atoms with Crippen molar-refractivity contribution in [2.24, 2.45) is 5.73 Å². The molecule has 0 aliphatic carbocycles. The second-order valence-corrected chi connectivity index (χ2v) is 14.9. The number of carbonyl (C=O) groups is 8. The summed E-state index contributed by atoms with van der Waals surface area (Å²) in [6.07, 6.45) is 3.87. The summed E-state index contributed by atoms with van der Waals surface area (Å²) in [6.45, 7) is 14.3. The van der Waals surface area contributed by atoms with Crippen LogP contribution in [0.25, 0.3) is 0 Å². The molecule has 0 radical (unpaired) electrons. The van der Waals surface area contributed by atoms with Gasteiger partial charge in [-0.2, -0.15) is 0 Å². The van der Waals surface area contributed by atoms with E-state index in [-0.39, 0.29) is 70.1 Å². The average Bonchev–Trinajstić information content (AvgIpc) is 3.32. The van der Waals surface area contributed by atoms with E-state index in [4.69, 9.17) is 15.2 Å². The summed E-state index contributed by atoms with van der Waals surface area (Å²) >= 11 is 0. The monoisotopic (exact) mass is 708 g/mol. The van der Waals surface area contributed by atoms with Crippen LogP contribution in [-0.2, 0) is 47.8 Å². The molecule has 1 heterocycles. The lowest BCUT2D eigenvalue weighted by atomic mass is 9.98. The highest BCUT2D eigenvalue weighted by Gasteiger charge is 2.31. The number of aldehydes is 1. The van der Waals surface area contributed by atoms with Crippen LogP contribution in [0, 0.1) is 0 Å². The van der Waals surface area contributed by atoms with Crippen molar-refractivity contribution in [1.82, 2.24) is 26.2 Å². The summed E-state index contributed by atoms with van der Waals surface area (Å²) in [5, 5.41) is 10.9. The Morgan fingerprint density at radius 1 is 0.820 bits per heavy atom. The van der Waals surface area contributed by atoms with Crippen LogP contribution < -0.4 is 27.0 Å². The third-order valence-electron chi connectivity index (χ3n) is 7.87. The van der Waals surface area contributed by atoms with Gasteiger partial charge in [0.15, 0.2) is 0 Å². The maximum Gasteiger partial charge on any atom is 0.284 e. The Bertz CT molecular complexity index is 1270. The van der Waals surface area contributed by atoms with Crippen LogP contribution >= 0.6 is 0 Å². The molecular weight excluding hydrogens is 652 g/mol. The van der Waals surface area contributed by atoms with Crippen molar-refractivity contribution in [3.8, 4) is 0 Å². The SMILES string of the molecule is CC(C)(CCOC(C)(C)CCC(=O)CNC(CNC(=O)C=O)C(=O)NC(C)(C)COC(C)(C)CCC(N)=O)NC(=O)CCN1C(=O)C=CC1=O. The molecule has 1 unspecified atom stereocenters. The van der Waals surface area contributed by atoms with E-state index in [0.29, 0.717) is 19.3 Å². The van der Waals surface area contributed by atoms with E-state index in [1.54, 1.807) is 27.7 Å². The Morgan fingerprint density at radius 2 is 1.40 bits per heavy atom. The Morgan fingerprint density at radius 3 is 1.98 bits per heavy atom. The number of imide groups is 1. The minimum atomic E-state index is -1.04. The van der Waals surface area contributed by atoms with E-state index < -0.39 is 57.9 Å². The summed E-state index contributed by atoms with van der Waals surface area (Å²) in [5.74, 6) is -3.29. The number of primary amides is 1. The van der Waals surface area contributed by atoms with Crippen molar-refractivity contribution >= 4 is 47.5 Å². The predicted molar refractivity (Wildman–Crippen MR) is 183 cm³/mol. The zero-order chi connectivity index (χ0) is 38.3. The molecule has 0 aromatic rings. The lowest BCUT2D eigenvalue weighted by Gasteiger charge is -2.33. The number of nitrogens with one attached hydrogen (secondary N) is 4. The molecule has 1 atom stereocenters. The number of rotatable bonds is 25. The number of hydrogen-bond acceptors (Lipinski definition) is 11. The van der Waals surface area contributed by atoms with Crippen molar-refractivity contribution in [3.05, 3.63) is 12.2 Å². The van der Waals surface area contributed by atoms with Gasteiger partial charge in [0.25, 0.3) is 17.7 Å². The summed E-state index contributed by atoms with van der Waals surface area (Å²) in [4.78, 5) is 96.4. The predicted octanol–water partition coefficient (Wildman–Crippen LogP) is -0.0403. The number of amides is 6. The molecule has 282 valence electrons. The maximum atomic E-state index is 13.2. The first kappa shape index (κ1) is 44.0. The number of Topliss-reactive ketones (excluding diaryl/α,β-unsaturated/α-hetero) is 1. The minimum Gasteiger partial charge on any atom is -0.375 e. The molecule has 1 aliphatic rings. The van der Waals surface area contributed by atoms with Gasteiger partial charge in [0, 0.05) is 56.6 Å². The van der Waals surface area contributed by atoms with Gasteiger partial charge in [-0.25, -0.2) is 0 Å². The first-order chi connectivity index (χ1) is 23.0. The molecule has 0 saturated carbocycles. The molecule has 16 heteroatoms. The van der Waals surface area contributed by atoms with Gasteiger partial charge in [0.2, 0.25) is 24.0 Å². The average molecular weight is 709 g/mol. The van der Waals surface area contributed by atoms with Crippen molar-refractivity contribution in [3.63, 3.8) is 0 Å². The fraction of sp³-hybridized carbons (Fsp3) is 0.706. The largest absolute Gasteiger partial charge is 0.375 e. The number of nitrogens with two attached hydrogens (primary N) is 1. The van der Waals surface area contributed by atoms with Crippen LogP contribution in [0.2, 0.25) is 0 Å². The van der Waals surface area contributed by atoms with E-state index in [1.165, 1.54) is 12.2 Å². The van der Waals surface area contributed by atoms with Crippen LogP contribution in [0.5, 0.6) is 0 Å². The number of hydrogen-bond donors (Lipinski definition) is 5. The van der Waals surface area contributed by atoms with Gasteiger partial charge >= 0.3 is 0 Å². The van der Waals surface area contributed by atoms with Gasteiger partial charge in [0.1, 0.15) is 11.8 Å². The van der Waals surface area contributed by atoms with Crippen molar-refractivity contribution in [1.29, 1.82) is 0 Å². The Kier molecular flexibility index (Phi) is 17.1. The molecule has 1 rings (SSSR count). The molecule has 16 nitrogen and oxygen atoms in total. The van der Waals surface area contributed by atoms with Gasteiger partial charge in [0.05, 0.1) is 29.9 Å². The summed E-state index contributed by atoms with van der Waals surface area (Å²) < 4.78 is 12.0. The summed E-state index contributed by atoms with van der Waals surface area (Å²) in [5.41, 5.74) is 2.36. The van der Waals surface area contributed by atoms with E-state index in [0.717, 1.165) is 4.90 Å². The van der Waals surface area contributed by atoms with E-state index in [2.05, 4.69) is 21.3 Å². The number of ketones is 1. The molecule has 0 saturated heterocycles. The van der Waals surface area contributed by atoms with E-state index in [1.807, 2.05) is 27.7 Å². The second kappa shape index (κ2) is 19.4. The Balaban J connectivity index is 2.59. The fourth-order valence-electron chi connectivity index (χ4n) is 4.62. The fourth-order valence-corrected chi connectivity index (χ4v) is 4.62. The molecule has 0 bridgehead atoms. The normalized spacial score (nSPS) is 14.4. The molecule has 50 heavy (non-hydrogen) atoms. The van der Waals surface area contributed by atoms with Crippen LogP contribution in [0.15, 0.2) is 12.2 Å². The lowest BCUT2D eigenvalue weighted by Crippen LogP contribution is -2.58. The highest BCUT2D eigenvalue weighted by atomic mass is 16.5. The van der Waals surface area contributed by atoms with E-state index >= 15 is 0 Å². The maximum absolute atomic E-state index is 13.2. The van der Waals surface area contributed by atoms with Crippen molar-refractivity contribution in [2.45, 2.75) is 122 Å². The molecule has 6 amide bonds. The van der Waals surface area contributed by atoms with Gasteiger partial charge < -0.3 is 31.2 Å². The molecule has 0 spiro atoms. The van der Waals surface area contributed by atoms with E-state index in [9.17, 15) is 38.4 Å². The Hall–Kier alpha value is -4.02. The standard InChI is InChI=1S/C34H56N6O10/c1-31(2,38-26(44)13-17-40-28(46)9-10-29(40)47)16-18-49-33(5,6)14-11-23(42)19-36-24(20-37-27(45)21-41)30(48)39-32(3,4)22-50-34(7,8)15-12-25(35)43/h9-10,21,24,36H,11-20,22H2,1-8H3,(H2,35,43)(H,37,45)(H,38,44)(H,39,48). The highest BCUT2D eigenvalue weighted by Crippen LogP contribution is 2.21. The van der Waals surface area contributed by atoms with Crippen molar-refractivity contribution in [2.75, 3.05) is 32.8 Å². The number of carbonyl (C=O) groups excluding carboxylic acids is 8. The van der Waals surface area contributed by atoms with Gasteiger partial charge in [-0.3, -0.25) is 48.6 Å². The number of ether oxygens (including phenoxy) is 2. The van der Waals surface area contributed by atoms with Gasteiger partial charge in [-0.1, -0.05) is 0 Å². The van der Waals surface area contributed by atoms with Gasteiger partial charge in [-0.15, -0.1) is 0 Å². The molecule has 6 N–H and O–H groups in total. The number of nitrogens with zero attached hydrogens (tertiary/aromatic N) is 1. The topological polar surface area (TPSA) is 232 Å². The summed E-state index contributed by atoms with van der Waals surface area (Å²) in [6, 6.07) is -1.04. The van der Waals surface area contributed by atoms with Crippen LogP contribution in [-0.4, -0.2) is 114 Å². The molecule has 0 aromatic heterocycles. The summed E-state index contributed by atoms with van der Waals surface area (Å²) in [7, 11) is 0. The molecular formula is C34H56N6O10. The minimum absolute atomic E-state index is 0.00988. The van der Waals surface area contributed by atoms with Crippen LogP contribution in [0.1, 0.15) is 93.9 Å². The highest BCUT2D eigenvalue weighted by molar-refractivity contribution is 6.23. The quantitative estimate of drug-likeness (QED) is 0.0480. The third kappa shape index (κ3) is 18.1. The second-order valence-electron chi connectivity index (χ2n) is 14.9. The molecule has 1 aliphatic heterocycles. The third-order valence-corrected chi connectivity index (χ3v) is 7.87. The zero-order valence-electron chi connectivity index (χ0n) is 30.7. The van der Waals surface area contributed by atoms with Crippen LogP contribution in [0.3, 0.4) is 0 Å². The Labute approximate surface area is 294 Å².